The van der Waals surface area contributed by atoms with Crippen molar-refractivity contribution in [3.05, 3.63) is 0 Å². The van der Waals surface area contributed by atoms with Crippen molar-refractivity contribution in [3.8, 4) is 0 Å². The van der Waals surface area contributed by atoms with Crippen LogP contribution in [-0.2, 0) is 33.0 Å². The second-order valence-corrected chi connectivity index (χ2v) is 16.8. The summed E-state index contributed by atoms with van der Waals surface area (Å²) in [5.74, 6) is -2.60. The molecule has 0 saturated heterocycles. The fourth-order valence-electron chi connectivity index (χ4n) is 4.49. The second kappa shape index (κ2) is 10.1. The lowest BCUT2D eigenvalue weighted by molar-refractivity contribution is -0.153. The molecule has 11 heteroatoms. The van der Waals surface area contributed by atoms with E-state index in [1.807, 2.05) is 13.1 Å². The fourth-order valence-corrected chi connectivity index (χ4v) is 5.50. The summed E-state index contributed by atoms with van der Waals surface area (Å²) in [7, 11) is 0.281. The number of rotatable bonds is 8. The molecule has 200 valence electrons. The molecule has 0 spiro atoms. The normalized spacial score (nSPS) is 26.7. The van der Waals surface area contributed by atoms with Crippen LogP contribution in [-0.4, -0.2) is 70.3 Å². The summed E-state index contributed by atoms with van der Waals surface area (Å²) in [5, 5.41) is 5.31. The minimum atomic E-state index is -2.26. The Morgan fingerprint density at radius 1 is 1.03 bits per heavy atom. The molecule has 0 unspecified atom stereocenters. The summed E-state index contributed by atoms with van der Waals surface area (Å²) < 4.78 is 21.5. The van der Waals surface area contributed by atoms with E-state index in [-0.39, 0.29) is 17.6 Å². The lowest BCUT2D eigenvalue weighted by atomic mass is 9.89. The second-order valence-electron chi connectivity index (χ2n) is 12.0. The summed E-state index contributed by atoms with van der Waals surface area (Å²) in [6.07, 6.45) is 0.132. The minimum Gasteiger partial charge on any atom is -0.469 e. The van der Waals surface area contributed by atoms with Gasteiger partial charge in [-0.15, -0.1) is 0 Å². The number of carbonyl (C=O) groups excluding carboxylic acids is 4. The number of carbonyl (C=O) groups is 4. The van der Waals surface area contributed by atoms with E-state index >= 15 is 0 Å². The predicted octanol–water partition coefficient (Wildman–Crippen LogP) is 2.76. The molecule has 0 aromatic carbocycles. The quantitative estimate of drug-likeness (QED) is 0.287. The molecule has 10 nitrogen and oxygen atoms in total. The maximum absolute atomic E-state index is 13.5. The van der Waals surface area contributed by atoms with Crippen molar-refractivity contribution < 1.29 is 37.8 Å². The summed E-state index contributed by atoms with van der Waals surface area (Å²) in [6, 6.07) is -1.12. The molecule has 0 heterocycles. The number of fused-ring (bicyclic) bond motifs is 1. The van der Waals surface area contributed by atoms with Gasteiger partial charge in [0.05, 0.1) is 26.7 Å². The standard InChI is InChI=1S/C24H42N2O8Si/c1-22(2,3)34-21(30)25-15(13-33-35(9,10)23(4,5)6)18(27)26-24(20(29)32-8)12-11-14-16(17(14)24)19(28)31-7/h14-17H,11-13H2,1-10H3,(H,25,30)(H,26,27)/t14-,15-,16-,17-,24-/m0/s1. The largest absolute Gasteiger partial charge is 0.469 e. The third-order valence-electron chi connectivity index (χ3n) is 7.40. The van der Waals surface area contributed by atoms with Gasteiger partial charge < -0.3 is 29.3 Å². The van der Waals surface area contributed by atoms with E-state index in [2.05, 4.69) is 31.4 Å². The van der Waals surface area contributed by atoms with Crippen molar-refractivity contribution in [1.82, 2.24) is 10.6 Å². The van der Waals surface area contributed by atoms with Gasteiger partial charge in [-0.1, -0.05) is 20.8 Å². The first-order valence-corrected chi connectivity index (χ1v) is 14.9. The van der Waals surface area contributed by atoms with E-state index in [0.717, 1.165) is 0 Å². The zero-order valence-electron chi connectivity index (χ0n) is 22.7. The summed E-state index contributed by atoms with van der Waals surface area (Å²) in [5.41, 5.74) is -2.14. The summed E-state index contributed by atoms with van der Waals surface area (Å²) in [4.78, 5) is 51.2. The molecule has 2 aliphatic rings. The Balaban J connectivity index is 2.28. The molecule has 2 amide bonds. The third kappa shape index (κ3) is 6.35. The molecule has 0 radical (unpaired) electrons. The van der Waals surface area contributed by atoms with Crippen LogP contribution in [0.3, 0.4) is 0 Å². The molecular formula is C24H42N2O8Si. The number of ether oxygens (including phenoxy) is 3. The van der Waals surface area contributed by atoms with E-state index < -0.39 is 61.3 Å². The van der Waals surface area contributed by atoms with Crippen molar-refractivity contribution in [3.63, 3.8) is 0 Å². The first-order valence-electron chi connectivity index (χ1n) is 12.0. The van der Waals surface area contributed by atoms with Gasteiger partial charge in [-0.25, -0.2) is 9.59 Å². The van der Waals surface area contributed by atoms with Crippen molar-refractivity contribution in [2.24, 2.45) is 17.8 Å². The smallest absolute Gasteiger partial charge is 0.408 e. The van der Waals surface area contributed by atoms with E-state index in [1.165, 1.54) is 14.2 Å². The van der Waals surface area contributed by atoms with Gasteiger partial charge in [0.1, 0.15) is 17.2 Å². The fraction of sp³-hybridized carbons (Fsp3) is 0.833. The number of amides is 2. The van der Waals surface area contributed by atoms with Gasteiger partial charge in [0.15, 0.2) is 8.32 Å². The molecular weight excluding hydrogens is 472 g/mol. The highest BCUT2D eigenvalue weighted by atomic mass is 28.4. The zero-order chi connectivity index (χ0) is 27.0. The van der Waals surface area contributed by atoms with Crippen molar-refractivity contribution in [1.29, 1.82) is 0 Å². The van der Waals surface area contributed by atoms with Crippen LogP contribution < -0.4 is 10.6 Å². The lowest BCUT2D eigenvalue weighted by Crippen LogP contribution is -2.62. The van der Waals surface area contributed by atoms with Gasteiger partial charge in [-0.05, 0) is 57.7 Å². The number of hydrogen-bond acceptors (Lipinski definition) is 8. The van der Waals surface area contributed by atoms with Crippen LogP contribution in [0.4, 0.5) is 4.79 Å². The van der Waals surface area contributed by atoms with Crippen LogP contribution in [0, 0.1) is 17.8 Å². The maximum atomic E-state index is 13.5. The Kier molecular flexibility index (Phi) is 8.38. The number of nitrogens with one attached hydrogen (secondary N) is 2. The number of methoxy groups -OCH3 is 2. The molecule has 0 aromatic rings. The average Bonchev–Trinajstić information content (AvgIpc) is 3.34. The third-order valence-corrected chi connectivity index (χ3v) is 11.9. The highest BCUT2D eigenvalue weighted by molar-refractivity contribution is 6.74. The Morgan fingerprint density at radius 2 is 1.63 bits per heavy atom. The molecule has 0 aromatic heterocycles. The van der Waals surface area contributed by atoms with E-state index in [9.17, 15) is 19.2 Å². The van der Waals surface area contributed by atoms with E-state index in [1.54, 1.807) is 20.8 Å². The van der Waals surface area contributed by atoms with Crippen molar-refractivity contribution in [2.75, 3.05) is 20.8 Å². The van der Waals surface area contributed by atoms with Crippen LogP contribution >= 0.6 is 0 Å². The van der Waals surface area contributed by atoms with Gasteiger partial charge in [0, 0.05) is 5.92 Å². The van der Waals surface area contributed by atoms with Gasteiger partial charge in [-0.2, -0.15) is 0 Å². The molecule has 2 N–H and O–H groups in total. The highest BCUT2D eigenvalue weighted by Crippen LogP contribution is 2.63. The Hall–Kier alpha value is -2.14. The van der Waals surface area contributed by atoms with E-state index in [4.69, 9.17) is 18.6 Å². The van der Waals surface area contributed by atoms with Crippen LogP contribution in [0.2, 0.25) is 18.1 Å². The van der Waals surface area contributed by atoms with Gasteiger partial charge in [0.25, 0.3) is 0 Å². The van der Waals surface area contributed by atoms with Gasteiger partial charge >= 0.3 is 18.0 Å². The Bertz CT molecular complexity index is 847. The molecule has 5 atom stereocenters. The molecule has 2 fully saturated rings. The molecule has 2 rings (SSSR count). The summed E-state index contributed by atoms with van der Waals surface area (Å²) >= 11 is 0. The first kappa shape index (κ1) is 29.1. The van der Waals surface area contributed by atoms with Crippen molar-refractivity contribution >= 4 is 32.3 Å². The minimum absolute atomic E-state index is 0.0670. The summed E-state index contributed by atoms with van der Waals surface area (Å²) in [6.45, 7) is 15.4. The average molecular weight is 515 g/mol. The van der Waals surface area contributed by atoms with Crippen LogP contribution in [0.1, 0.15) is 54.4 Å². The lowest BCUT2D eigenvalue weighted by Gasteiger charge is -2.38. The Morgan fingerprint density at radius 3 is 2.11 bits per heavy atom. The molecule has 35 heavy (non-hydrogen) atoms. The molecule has 0 aliphatic heterocycles. The predicted molar refractivity (Wildman–Crippen MR) is 131 cm³/mol. The van der Waals surface area contributed by atoms with E-state index in [0.29, 0.717) is 12.8 Å². The van der Waals surface area contributed by atoms with Crippen LogP contribution in [0.5, 0.6) is 0 Å². The molecule has 2 saturated carbocycles. The molecule has 0 bridgehead atoms. The van der Waals surface area contributed by atoms with Crippen LogP contribution in [0.15, 0.2) is 0 Å². The zero-order valence-corrected chi connectivity index (χ0v) is 23.7. The van der Waals surface area contributed by atoms with Crippen LogP contribution in [0.25, 0.3) is 0 Å². The maximum Gasteiger partial charge on any atom is 0.408 e. The number of hydrogen-bond donors (Lipinski definition) is 2. The number of alkyl carbamates (subject to hydrolysis) is 1. The highest BCUT2D eigenvalue weighted by Gasteiger charge is 2.72. The van der Waals surface area contributed by atoms with Gasteiger partial charge in [-0.3, -0.25) is 9.59 Å². The Labute approximate surface area is 209 Å². The van der Waals surface area contributed by atoms with Crippen molar-refractivity contribution in [2.45, 2.75) is 89.7 Å². The monoisotopic (exact) mass is 514 g/mol. The molecule has 2 aliphatic carbocycles. The first-order chi connectivity index (χ1) is 15.9. The SMILES string of the molecule is COC(=O)[C@H]1[C@@H]2CC[C@@](NC(=O)[C@H](CO[Si](C)(C)C(C)(C)C)NC(=O)OC(C)(C)C)(C(=O)OC)[C@@H]21. The topological polar surface area (TPSA) is 129 Å². The van der Waals surface area contributed by atoms with Gasteiger partial charge in [0.2, 0.25) is 5.91 Å². The number of esters is 2.